The molecule has 2 aliphatic rings. The van der Waals surface area contributed by atoms with Crippen LogP contribution in [0.5, 0.6) is 0 Å². The molecule has 0 unspecified atom stereocenters. The Kier molecular flexibility index (Phi) is 7.04. The Balaban J connectivity index is 1.59. The highest BCUT2D eigenvalue weighted by Gasteiger charge is 2.32. The van der Waals surface area contributed by atoms with Crippen molar-refractivity contribution in [2.75, 3.05) is 39.8 Å². The number of hydrogen-bond acceptors (Lipinski definition) is 5. The van der Waals surface area contributed by atoms with Gasteiger partial charge in [0, 0.05) is 39.1 Å². The first kappa shape index (κ1) is 20.8. The Morgan fingerprint density at radius 1 is 1.18 bits per heavy atom. The van der Waals surface area contributed by atoms with Gasteiger partial charge in [0.25, 0.3) is 5.91 Å². The molecule has 2 saturated heterocycles. The van der Waals surface area contributed by atoms with E-state index < -0.39 is 0 Å². The van der Waals surface area contributed by atoms with Crippen molar-refractivity contribution < 1.29 is 9.59 Å². The zero-order chi connectivity index (χ0) is 20.1. The van der Waals surface area contributed by atoms with E-state index in [0.717, 1.165) is 37.3 Å². The molecule has 0 atom stereocenters. The molecule has 0 saturated carbocycles. The van der Waals surface area contributed by atoms with Crippen molar-refractivity contribution in [1.82, 2.24) is 14.7 Å². The van der Waals surface area contributed by atoms with Crippen molar-refractivity contribution in [2.24, 2.45) is 0 Å². The minimum atomic E-state index is -0.109. The monoisotopic (exact) mass is 415 g/mol. The first-order valence-electron chi connectivity index (χ1n) is 9.39. The maximum atomic E-state index is 12.7. The van der Waals surface area contributed by atoms with Crippen molar-refractivity contribution in [3.8, 4) is 0 Å². The lowest BCUT2D eigenvalue weighted by Crippen LogP contribution is -2.47. The van der Waals surface area contributed by atoms with Gasteiger partial charge < -0.3 is 9.80 Å². The van der Waals surface area contributed by atoms with Gasteiger partial charge >= 0.3 is 0 Å². The number of allylic oxidation sites excluding steroid dienone is 2. The number of thiocarbonyl (C=S) groups is 1. The summed E-state index contributed by atoms with van der Waals surface area (Å²) in [6.45, 7) is 5.59. The van der Waals surface area contributed by atoms with E-state index in [4.69, 9.17) is 12.2 Å². The van der Waals surface area contributed by atoms with Gasteiger partial charge in [-0.2, -0.15) is 0 Å². The number of thioether (sulfide) groups is 1. The molecule has 0 aromatic heterocycles. The van der Waals surface area contributed by atoms with Crippen LogP contribution in [0.15, 0.2) is 46.9 Å². The number of carbonyl (C=O) groups is 2. The van der Waals surface area contributed by atoms with Gasteiger partial charge in [-0.3, -0.25) is 14.5 Å². The number of carbonyl (C=O) groups excluding carboxylic acids is 2. The molecular formula is C21H25N3O2S2. The van der Waals surface area contributed by atoms with Crippen molar-refractivity contribution in [2.45, 2.75) is 13.3 Å². The molecule has 2 aliphatic heterocycles. The number of nitrogens with zero attached hydrogens (tertiary/aromatic N) is 3. The van der Waals surface area contributed by atoms with Crippen LogP contribution >= 0.6 is 24.0 Å². The summed E-state index contributed by atoms with van der Waals surface area (Å²) < 4.78 is 0.523. The zero-order valence-electron chi connectivity index (χ0n) is 16.3. The summed E-state index contributed by atoms with van der Waals surface area (Å²) in [5.41, 5.74) is 2.07. The Hall–Kier alpha value is -1.96. The highest BCUT2D eigenvalue weighted by Crippen LogP contribution is 2.32. The van der Waals surface area contributed by atoms with E-state index >= 15 is 0 Å². The molecule has 0 bridgehead atoms. The molecule has 0 radical (unpaired) electrons. The first-order valence-corrected chi connectivity index (χ1v) is 10.6. The average molecular weight is 416 g/mol. The summed E-state index contributed by atoms with van der Waals surface area (Å²) in [5.74, 6) is -0.0201. The Labute approximate surface area is 176 Å². The first-order chi connectivity index (χ1) is 13.4. The highest BCUT2D eigenvalue weighted by atomic mass is 32.2. The van der Waals surface area contributed by atoms with Crippen LogP contribution in [0.25, 0.3) is 6.08 Å². The van der Waals surface area contributed by atoms with Crippen LogP contribution in [-0.2, 0) is 9.59 Å². The number of amides is 2. The molecule has 3 rings (SSSR count). The van der Waals surface area contributed by atoms with Crippen LogP contribution in [0.4, 0.5) is 0 Å². The van der Waals surface area contributed by atoms with Crippen molar-refractivity contribution in [3.63, 3.8) is 0 Å². The Bertz CT molecular complexity index is 812. The van der Waals surface area contributed by atoms with Crippen LogP contribution in [-0.4, -0.2) is 70.6 Å². The third-order valence-corrected chi connectivity index (χ3v) is 6.21. The molecule has 5 nitrogen and oxygen atoms in total. The van der Waals surface area contributed by atoms with Gasteiger partial charge in [-0.1, -0.05) is 60.4 Å². The third-order valence-electron chi connectivity index (χ3n) is 4.83. The second-order valence-electron chi connectivity index (χ2n) is 7.07. The van der Waals surface area contributed by atoms with Crippen LogP contribution in [0.2, 0.25) is 0 Å². The lowest BCUT2D eigenvalue weighted by molar-refractivity contribution is -0.133. The predicted molar refractivity (Wildman–Crippen MR) is 119 cm³/mol. The Morgan fingerprint density at radius 3 is 2.54 bits per heavy atom. The topological polar surface area (TPSA) is 43.9 Å². The SMILES string of the molecule is CC(=C/c1ccccc1)/C=C1/SC(=S)N(CCC(=O)N2CCN(C)CC2)C1=O. The summed E-state index contributed by atoms with van der Waals surface area (Å²) in [6.07, 6.45) is 4.21. The fraction of sp³-hybridized carbons (Fsp3) is 0.381. The summed E-state index contributed by atoms with van der Waals surface area (Å²) in [6, 6.07) is 9.98. The summed E-state index contributed by atoms with van der Waals surface area (Å²) in [5, 5.41) is 0. The molecule has 2 fully saturated rings. The van der Waals surface area contributed by atoms with Gasteiger partial charge in [-0.05, 0) is 31.2 Å². The number of piperazine rings is 1. The molecule has 2 heterocycles. The molecule has 1 aromatic rings. The molecule has 2 amide bonds. The maximum absolute atomic E-state index is 12.7. The highest BCUT2D eigenvalue weighted by molar-refractivity contribution is 8.26. The van der Waals surface area contributed by atoms with Crippen molar-refractivity contribution in [3.05, 3.63) is 52.4 Å². The zero-order valence-corrected chi connectivity index (χ0v) is 17.9. The minimum Gasteiger partial charge on any atom is -0.340 e. The van der Waals surface area contributed by atoms with E-state index in [9.17, 15) is 9.59 Å². The minimum absolute atomic E-state index is 0.0892. The van der Waals surface area contributed by atoms with Crippen LogP contribution in [0.3, 0.4) is 0 Å². The fourth-order valence-electron chi connectivity index (χ4n) is 3.17. The molecule has 1 aromatic carbocycles. The lowest BCUT2D eigenvalue weighted by atomic mass is 10.1. The second kappa shape index (κ2) is 9.49. The summed E-state index contributed by atoms with van der Waals surface area (Å²) >= 11 is 6.68. The van der Waals surface area contributed by atoms with Gasteiger partial charge in [0.2, 0.25) is 5.91 Å². The van der Waals surface area contributed by atoms with Gasteiger partial charge in [0.15, 0.2) is 0 Å². The van der Waals surface area contributed by atoms with E-state index in [2.05, 4.69) is 11.9 Å². The molecule has 0 N–H and O–H groups in total. The Morgan fingerprint density at radius 2 is 1.86 bits per heavy atom. The quantitative estimate of drug-likeness (QED) is 0.546. The molecule has 28 heavy (non-hydrogen) atoms. The summed E-state index contributed by atoms with van der Waals surface area (Å²) in [7, 11) is 2.06. The molecule has 148 valence electrons. The fourth-order valence-corrected chi connectivity index (χ4v) is 4.53. The van der Waals surface area contributed by atoms with E-state index in [0.29, 0.717) is 22.2 Å². The van der Waals surface area contributed by atoms with Gasteiger partial charge in [0.05, 0.1) is 4.91 Å². The van der Waals surface area contributed by atoms with E-state index in [1.807, 2.05) is 54.3 Å². The van der Waals surface area contributed by atoms with Crippen LogP contribution in [0, 0.1) is 0 Å². The molecule has 7 heteroatoms. The molecular weight excluding hydrogens is 390 g/mol. The lowest BCUT2D eigenvalue weighted by Gasteiger charge is -2.32. The van der Waals surface area contributed by atoms with Gasteiger partial charge in [0.1, 0.15) is 4.32 Å². The van der Waals surface area contributed by atoms with Crippen molar-refractivity contribution in [1.29, 1.82) is 0 Å². The number of likely N-dealkylation sites (N-methyl/N-ethyl adjacent to an activating group) is 1. The smallest absolute Gasteiger partial charge is 0.266 e. The average Bonchev–Trinajstić information content (AvgIpc) is 2.94. The largest absolute Gasteiger partial charge is 0.340 e. The number of rotatable bonds is 5. The molecule has 0 spiro atoms. The maximum Gasteiger partial charge on any atom is 0.266 e. The second-order valence-corrected chi connectivity index (χ2v) is 8.74. The number of hydrogen-bond donors (Lipinski definition) is 0. The van der Waals surface area contributed by atoms with E-state index in [1.54, 1.807) is 4.90 Å². The number of benzene rings is 1. The van der Waals surface area contributed by atoms with Crippen LogP contribution in [0.1, 0.15) is 18.9 Å². The van der Waals surface area contributed by atoms with Crippen molar-refractivity contribution >= 4 is 46.2 Å². The van der Waals surface area contributed by atoms with Gasteiger partial charge in [-0.25, -0.2) is 0 Å². The van der Waals surface area contributed by atoms with Gasteiger partial charge in [-0.15, -0.1) is 0 Å². The molecule has 0 aliphatic carbocycles. The van der Waals surface area contributed by atoms with E-state index in [-0.39, 0.29) is 11.8 Å². The standard InChI is InChI=1S/C21H25N3O2S2/c1-16(14-17-6-4-3-5-7-17)15-18-20(26)24(21(27)28-18)9-8-19(25)23-12-10-22(2)11-13-23/h3-7,14-15H,8-13H2,1-2H3/b16-14-,18-15+. The summed E-state index contributed by atoms with van der Waals surface area (Å²) in [4.78, 5) is 31.4. The predicted octanol–water partition coefficient (Wildman–Crippen LogP) is 3.00. The van der Waals surface area contributed by atoms with E-state index in [1.165, 1.54) is 11.8 Å². The normalized spacial score (nSPS) is 20.4. The van der Waals surface area contributed by atoms with Crippen LogP contribution < -0.4 is 0 Å². The third kappa shape index (κ3) is 5.31.